The zero-order valence-electron chi connectivity index (χ0n) is 14.2. The lowest BCUT2D eigenvalue weighted by atomic mass is 10.1. The molecular weight excluding hydrogens is 334 g/mol. The SMILES string of the molecule is O=C(c1cnc2c(c1)N(Cc1ccccn1)C(=O)CN2)N1CCCCO1. The minimum Gasteiger partial charge on any atom is -0.359 e. The molecule has 0 bridgehead atoms. The highest BCUT2D eigenvalue weighted by molar-refractivity contribution is 6.03. The minimum atomic E-state index is -0.240. The van der Waals surface area contributed by atoms with Crippen molar-refractivity contribution >= 4 is 23.3 Å². The van der Waals surface area contributed by atoms with Crippen LogP contribution < -0.4 is 10.2 Å². The van der Waals surface area contributed by atoms with Gasteiger partial charge in [-0.1, -0.05) is 6.07 Å². The summed E-state index contributed by atoms with van der Waals surface area (Å²) in [6.07, 6.45) is 5.06. The predicted octanol–water partition coefficient (Wildman–Crippen LogP) is 1.60. The molecule has 1 N–H and O–H groups in total. The predicted molar refractivity (Wildman–Crippen MR) is 94.4 cm³/mol. The van der Waals surface area contributed by atoms with Crippen molar-refractivity contribution in [3.63, 3.8) is 0 Å². The molecule has 8 heteroatoms. The zero-order chi connectivity index (χ0) is 17.9. The Morgan fingerprint density at radius 2 is 2.19 bits per heavy atom. The van der Waals surface area contributed by atoms with Crippen molar-refractivity contribution in [3.05, 3.63) is 47.9 Å². The van der Waals surface area contributed by atoms with Crippen molar-refractivity contribution in [1.82, 2.24) is 15.0 Å². The summed E-state index contributed by atoms with van der Waals surface area (Å²) < 4.78 is 0. The summed E-state index contributed by atoms with van der Waals surface area (Å²) in [6.45, 7) is 1.59. The Balaban J connectivity index is 1.63. The first kappa shape index (κ1) is 16.5. The molecule has 4 heterocycles. The van der Waals surface area contributed by atoms with Gasteiger partial charge < -0.3 is 10.2 Å². The third-order valence-electron chi connectivity index (χ3n) is 4.39. The summed E-state index contributed by atoms with van der Waals surface area (Å²) >= 11 is 0. The Hall–Kier alpha value is -3.00. The van der Waals surface area contributed by atoms with Gasteiger partial charge in [-0.3, -0.25) is 19.4 Å². The molecule has 1 fully saturated rings. The maximum atomic E-state index is 12.7. The number of fused-ring (bicyclic) bond motifs is 1. The number of anilines is 2. The Morgan fingerprint density at radius 3 is 2.96 bits per heavy atom. The second kappa shape index (κ2) is 7.09. The number of nitrogens with one attached hydrogen (secondary N) is 1. The maximum absolute atomic E-state index is 12.7. The van der Waals surface area contributed by atoms with E-state index in [2.05, 4.69) is 15.3 Å². The Bertz CT molecular complexity index is 821. The summed E-state index contributed by atoms with van der Waals surface area (Å²) in [4.78, 5) is 40.7. The summed E-state index contributed by atoms with van der Waals surface area (Å²) in [6, 6.07) is 7.25. The number of hydrogen-bond acceptors (Lipinski definition) is 6. The molecule has 0 spiro atoms. The summed E-state index contributed by atoms with van der Waals surface area (Å²) in [5, 5.41) is 4.36. The van der Waals surface area contributed by atoms with Crippen LogP contribution in [-0.4, -0.2) is 46.5 Å². The third kappa shape index (κ3) is 3.23. The maximum Gasteiger partial charge on any atom is 0.279 e. The fraction of sp³-hybridized carbons (Fsp3) is 0.333. The van der Waals surface area contributed by atoms with Crippen LogP contribution in [0.25, 0.3) is 0 Å². The Kier molecular flexibility index (Phi) is 4.49. The second-order valence-electron chi connectivity index (χ2n) is 6.19. The van der Waals surface area contributed by atoms with Gasteiger partial charge in [-0.05, 0) is 31.0 Å². The molecule has 2 amide bonds. The van der Waals surface area contributed by atoms with Crippen molar-refractivity contribution in [2.75, 3.05) is 29.9 Å². The van der Waals surface area contributed by atoms with Gasteiger partial charge in [0.2, 0.25) is 5.91 Å². The zero-order valence-corrected chi connectivity index (χ0v) is 14.2. The quantitative estimate of drug-likeness (QED) is 0.902. The monoisotopic (exact) mass is 353 g/mol. The smallest absolute Gasteiger partial charge is 0.279 e. The van der Waals surface area contributed by atoms with Crippen molar-refractivity contribution in [2.45, 2.75) is 19.4 Å². The van der Waals surface area contributed by atoms with Crippen LogP contribution in [0.15, 0.2) is 36.7 Å². The lowest BCUT2D eigenvalue weighted by Gasteiger charge is -2.30. The largest absolute Gasteiger partial charge is 0.359 e. The first-order valence-electron chi connectivity index (χ1n) is 8.61. The lowest BCUT2D eigenvalue weighted by molar-refractivity contribution is -0.144. The molecule has 134 valence electrons. The van der Waals surface area contributed by atoms with E-state index in [9.17, 15) is 9.59 Å². The number of hydroxylamine groups is 2. The number of pyridine rings is 2. The van der Waals surface area contributed by atoms with Crippen LogP contribution in [0.4, 0.5) is 11.5 Å². The molecule has 0 atom stereocenters. The van der Waals surface area contributed by atoms with Crippen LogP contribution in [0, 0.1) is 0 Å². The molecule has 2 aliphatic heterocycles. The average Bonchev–Trinajstić information content (AvgIpc) is 2.71. The van der Waals surface area contributed by atoms with Crippen LogP contribution >= 0.6 is 0 Å². The van der Waals surface area contributed by atoms with E-state index in [1.165, 1.54) is 11.3 Å². The molecule has 2 aromatic heterocycles. The van der Waals surface area contributed by atoms with E-state index in [-0.39, 0.29) is 18.4 Å². The fourth-order valence-electron chi connectivity index (χ4n) is 3.03. The van der Waals surface area contributed by atoms with E-state index in [0.717, 1.165) is 18.5 Å². The number of carbonyl (C=O) groups is 2. The van der Waals surface area contributed by atoms with Crippen LogP contribution in [-0.2, 0) is 16.2 Å². The topological polar surface area (TPSA) is 87.7 Å². The molecule has 0 aliphatic carbocycles. The van der Waals surface area contributed by atoms with Gasteiger partial charge in [0.1, 0.15) is 0 Å². The normalized spacial score (nSPS) is 16.8. The summed E-state index contributed by atoms with van der Waals surface area (Å²) in [5.41, 5.74) is 1.74. The molecule has 0 aromatic carbocycles. The Morgan fingerprint density at radius 1 is 1.27 bits per heavy atom. The molecule has 2 aliphatic rings. The van der Waals surface area contributed by atoms with E-state index >= 15 is 0 Å². The van der Waals surface area contributed by atoms with Crippen molar-refractivity contribution in [1.29, 1.82) is 0 Å². The second-order valence-corrected chi connectivity index (χ2v) is 6.19. The molecule has 0 saturated carbocycles. The highest BCUT2D eigenvalue weighted by Crippen LogP contribution is 2.30. The van der Waals surface area contributed by atoms with E-state index in [0.29, 0.717) is 36.8 Å². The number of rotatable bonds is 3. The van der Waals surface area contributed by atoms with Gasteiger partial charge in [0.05, 0.1) is 36.6 Å². The number of carbonyl (C=O) groups excluding carboxylic acids is 2. The molecule has 0 radical (unpaired) electrons. The van der Waals surface area contributed by atoms with Gasteiger partial charge in [0.25, 0.3) is 5.91 Å². The molecule has 0 unspecified atom stereocenters. The van der Waals surface area contributed by atoms with Crippen LogP contribution in [0.3, 0.4) is 0 Å². The van der Waals surface area contributed by atoms with Crippen LogP contribution in [0.1, 0.15) is 28.9 Å². The minimum absolute atomic E-state index is 0.0937. The van der Waals surface area contributed by atoms with Gasteiger partial charge in [-0.25, -0.2) is 10.0 Å². The van der Waals surface area contributed by atoms with Gasteiger partial charge in [0.15, 0.2) is 5.82 Å². The van der Waals surface area contributed by atoms with E-state index in [1.54, 1.807) is 17.2 Å². The standard InChI is InChI=1S/C18H19N5O3/c24-16-11-21-17-15(22(16)12-14-5-1-2-6-19-14)9-13(10-20-17)18(25)23-7-3-4-8-26-23/h1-2,5-6,9-10H,3-4,7-8,11-12H2,(H,20,21). The highest BCUT2D eigenvalue weighted by atomic mass is 16.7. The first-order chi connectivity index (χ1) is 12.7. The first-order valence-corrected chi connectivity index (χ1v) is 8.61. The number of amides is 2. The molecule has 26 heavy (non-hydrogen) atoms. The van der Waals surface area contributed by atoms with Crippen molar-refractivity contribution in [3.8, 4) is 0 Å². The van der Waals surface area contributed by atoms with Gasteiger partial charge in [0, 0.05) is 18.9 Å². The van der Waals surface area contributed by atoms with Gasteiger partial charge in [-0.15, -0.1) is 0 Å². The molecular formula is C18H19N5O3. The van der Waals surface area contributed by atoms with Gasteiger partial charge >= 0.3 is 0 Å². The lowest BCUT2D eigenvalue weighted by Crippen LogP contribution is -2.40. The fourth-order valence-corrected chi connectivity index (χ4v) is 3.03. The molecule has 2 aromatic rings. The molecule has 4 rings (SSSR count). The van der Waals surface area contributed by atoms with Crippen LogP contribution in [0.2, 0.25) is 0 Å². The molecule has 8 nitrogen and oxygen atoms in total. The van der Waals surface area contributed by atoms with Crippen LogP contribution in [0.5, 0.6) is 0 Å². The van der Waals surface area contributed by atoms with E-state index in [1.807, 2.05) is 18.2 Å². The summed E-state index contributed by atoms with van der Waals surface area (Å²) in [5.74, 6) is 0.247. The van der Waals surface area contributed by atoms with Gasteiger partial charge in [-0.2, -0.15) is 0 Å². The number of nitrogens with zero attached hydrogens (tertiary/aromatic N) is 4. The highest BCUT2D eigenvalue weighted by Gasteiger charge is 2.28. The molecule has 1 saturated heterocycles. The average molecular weight is 353 g/mol. The number of aromatic nitrogens is 2. The summed E-state index contributed by atoms with van der Waals surface area (Å²) in [7, 11) is 0. The Labute approximate surface area is 150 Å². The van der Waals surface area contributed by atoms with E-state index < -0.39 is 0 Å². The third-order valence-corrected chi connectivity index (χ3v) is 4.39. The number of hydrogen-bond donors (Lipinski definition) is 1. The van der Waals surface area contributed by atoms with Crippen molar-refractivity contribution in [2.24, 2.45) is 0 Å². The van der Waals surface area contributed by atoms with E-state index in [4.69, 9.17) is 4.84 Å². The van der Waals surface area contributed by atoms with Crippen molar-refractivity contribution < 1.29 is 14.4 Å².